The molecule has 2 N–H and O–H groups in total. The predicted octanol–water partition coefficient (Wildman–Crippen LogP) is 5.17. The second-order valence-corrected chi connectivity index (χ2v) is 10.1. The lowest BCUT2D eigenvalue weighted by Gasteiger charge is -2.38. The normalized spacial score (nSPS) is 15.6. The monoisotopic (exact) mass is 561 g/mol. The van der Waals surface area contributed by atoms with Gasteiger partial charge in [0.15, 0.2) is 22.6 Å². The number of ether oxygens (including phenoxy) is 1. The number of carboxylic acids is 2. The van der Waals surface area contributed by atoms with Crippen LogP contribution in [0.25, 0.3) is 0 Å². The largest absolute Gasteiger partial charge is 0.488 e. The van der Waals surface area contributed by atoms with Gasteiger partial charge in [0, 0.05) is 44.1 Å². The summed E-state index contributed by atoms with van der Waals surface area (Å²) in [6.07, 6.45) is 5.09. The van der Waals surface area contributed by atoms with Gasteiger partial charge in [-0.05, 0) is 56.0 Å². The molecule has 0 atom stereocenters. The Morgan fingerprint density at radius 1 is 1.05 bits per heavy atom. The van der Waals surface area contributed by atoms with Gasteiger partial charge in [-0.15, -0.1) is 0 Å². The van der Waals surface area contributed by atoms with Crippen LogP contribution in [0, 0.1) is 11.6 Å². The number of aliphatic carboxylic acids is 2. The summed E-state index contributed by atoms with van der Waals surface area (Å²) in [6, 6.07) is 12.7. The summed E-state index contributed by atoms with van der Waals surface area (Å²) < 4.78 is 32.5. The molecule has 0 bridgehead atoms. The summed E-state index contributed by atoms with van der Waals surface area (Å²) in [5.74, 6) is -3.08. The molecule has 0 saturated carbocycles. The van der Waals surface area contributed by atoms with Crippen LogP contribution in [0.1, 0.15) is 31.2 Å². The first-order chi connectivity index (χ1) is 18.7. The van der Waals surface area contributed by atoms with E-state index in [0.717, 1.165) is 61.9 Å². The fourth-order valence-corrected chi connectivity index (χ4v) is 5.31. The first-order valence-corrected chi connectivity index (χ1v) is 13.7. The van der Waals surface area contributed by atoms with E-state index >= 15 is 0 Å². The molecule has 2 aliphatic heterocycles. The smallest absolute Gasteiger partial charge is 0.328 e. The second-order valence-electron chi connectivity index (χ2n) is 9.11. The molecule has 0 aromatic heterocycles. The van der Waals surface area contributed by atoms with E-state index in [1.807, 2.05) is 17.8 Å². The number of piperidine rings is 1. The van der Waals surface area contributed by atoms with Gasteiger partial charge >= 0.3 is 11.9 Å². The van der Waals surface area contributed by atoms with E-state index in [1.165, 1.54) is 23.8 Å². The Hall–Kier alpha value is -3.44. The molecule has 2 heterocycles. The van der Waals surface area contributed by atoms with E-state index in [1.54, 1.807) is 0 Å². The zero-order valence-electron chi connectivity index (χ0n) is 21.8. The van der Waals surface area contributed by atoms with Crippen LogP contribution < -0.4 is 4.74 Å². The van der Waals surface area contributed by atoms with Crippen molar-refractivity contribution in [2.45, 2.75) is 37.5 Å². The maximum absolute atomic E-state index is 13.6. The Bertz CT molecular complexity index is 1150. The van der Waals surface area contributed by atoms with Crippen molar-refractivity contribution in [2.75, 3.05) is 33.3 Å². The zero-order valence-corrected chi connectivity index (χ0v) is 22.6. The highest BCUT2D eigenvalue weighted by atomic mass is 32.2. The van der Waals surface area contributed by atoms with Crippen molar-refractivity contribution < 1.29 is 33.3 Å². The SMILES string of the molecule is CN(C1=Nc2ccccc2CS1)C1CCN(CCCCOc2c(F)cccc2F)CC1.O=C(O)C=CC(=O)O. The van der Waals surface area contributed by atoms with Crippen molar-refractivity contribution in [2.24, 2.45) is 4.99 Å². The lowest BCUT2D eigenvalue weighted by Crippen LogP contribution is -2.45. The van der Waals surface area contributed by atoms with E-state index in [4.69, 9.17) is 19.9 Å². The summed E-state index contributed by atoms with van der Waals surface area (Å²) in [7, 11) is 2.17. The van der Waals surface area contributed by atoms with Gasteiger partial charge in [0.25, 0.3) is 0 Å². The van der Waals surface area contributed by atoms with Crippen LogP contribution >= 0.6 is 11.8 Å². The number of amidine groups is 1. The number of likely N-dealkylation sites (tertiary alicyclic amines) is 1. The van der Waals surface area contributed by atoms with Gasteiger partial charge in [0.05, 0.1) is 12.3 Å². The number of carbonyl (C=O) groups is 2. The Balaban J connectivity index is 0.000000459. The summed E-state index contributed by atoms with van der Waals surface area (Å²) >= 11 is 1.82. The molecule has 4 rings (SSSR count). The number of hydrogen-bond donors (Lipinski definition) is 2. The number of carboxylic acid groups (broad SMARTS) is 2. The van der Waals surface area contributed by atoms with Crippen molar-refractivity contribution >= 4 is 34.6 Å². The fraction of sp³-hybridized carbons (Fsp3) is 0.393. The number of fused-ring (bicyclic) bond motifs is 1. The molecule has 39 heavy (non-hydrogen) atoms. The summed E-state index contributed by atoms with van der Waals surface area (Å²) in [4.78, 5) is 28.8. The molecule has 1 saturated heterocycles. The number of thioether (sulfide) groups is 1. The van der Waals surface area contributed by atoms with Gasteiger partial charge in [-0.25, -0.2) is 23.4 Å². The summed E-state index contributed by atoms with van der Waals surface area (Å²) in [5, 5.41) is 16.7. The van der Waals surface area contributed by atoms with Crippen molar-refractivity contribution in [1.82, 2.24) is 9.80 Å². The van der Waals surface area contributed by atoms with Crippen LogP contribution in [0.4, 0.5) is 14.5 Å². The third-order valence-corrected chi connectivity index (χ3v) is 7.47. The number of aliphatic imine (C=N–C) groups is 1. The first kappa shape index (κ1) is 30.1. The maximum Gasteiger partial charge on any atom is 0.328 e. The molecule has 0 unspecified atom stereocenters. The highest BCUT2D eigenvalue weighted by molar-refractivity contribution is 8.13. The molecule has 0 spiro atoms. The van der Waals surface area contributed by atoms with Gasteiger partial charge in [0.2, 0.25) is 0 Å². The topological polar surface area (TPSA) is 103 Å². The van der Waals surface area contributed by atoms with Gasteiger partial charge < -0.3 is 24.7 Å². The Labute approximate surface area is 231 Å². The molecular weight excluding hydrogens is 528 g/mol. The van der Waals surface area contributed by atoms with Gasteiger partial charge in [-0.1, -0.05) is 36.0 Å². The van der Waals surface area contributed by atoms with E-state index in [-0.39, 0.29) is 5.75 Å². The number of rotatable bonds is 9. The molecule has 8 nitrogen and oxygen atoms in total. The third-order valence-electron chi connectivity index (χ3n) is 6.37. The van der Waals surface area contributed by atoms with Crippen LogP contribution in [0.15, 0.2) is 59.6 Å². The number of para-hydroxylation sites is 2. The Morgan fingerprint density at radius 2 is 1.69 bits per heavy atom. The minimum absolute atomic E-state index is 0.266. The van der Waals surface area contributed by atoms with Crippen molar-refractivity contribution in [3.05, 3.63) is 71.8 Å². The average molecular weight is 562 g/mol. The van der Waals surface area contributed by atoms with Crippen LogP contribution in [-0.4, -0.2) is 76.4 Å². The number of hydrogen-bond acceptors (Lipinski definition) is 7. The fourth-order valence-electron chi connectivity index (χ4n) is 4.26. The van der Waals surface area contributed by atoms with E-state index in [2.05, 4.69) is 35.0 Å². The molecule has 0 radical (unpaired) electrons. The van der Waals surface area contributed by atoms with E-state index < -0.39 is 23.6 Å². The molecule has 210 valence electrons. The number of benzene rings is 2. The van der Waals surface area contributed by atoms with Crippen LogP contribution in [0.2, 0.25) is 0 Å². The number of unbranched alkanes of at least 4 members (excludes halogenated alkanes) is 1. The predicted molar refractivity (Wildman–Crippen MR) is 148 cm³/mol. The minimum Gasteiger partial charge on any atom is -0.488 e. The van der Waals surface area contributed by atoms with Gasteiger partial charge in [-0.3, -0.25) is 0 Å². The molecule has 0 amide bonds. The first-order valence-electron chi connectivity index (χ1n) is 12.7. The molecule has 2 aromatic rings. The highest BCUT2D eigenvalue weighted by Crippen LogP contribution is 2.33. The minimum atomic E-state index is -1.26. The van der Waals surface area contributed by atoms with Crippen molar-refractivity contribution in [3.8, 4) is 5.75 Å². The Kier molecular flexibility index (Phi) is 11.8. The summed E-state index contributed by atoms with van der Waals surface area (Å²) in [6.45, 7) is 3.44. The zero-order chi connectivity index (χ0) is 28.2. The van der Waals surface area contributed by atoms with Crippen molar-refractivity contribution in [1.29, 1.82) is 0 Å². The lowest BCUT2D eigenvalue weighted by molar-refractivity contribution is -0.134. The molecule has 11 heteroatoms. The second kappa shape index (κ2) is 15.2. The Morgan fingerprint density at radius 3 is 2.33 bits per heavy atom. The highest BCUT2D eigenvalue weighted by Gasteiger charge is 2.26. The maximum atomic E-state index is 13.6. The van der Waals surface area contributed by atoms with E-state index in [9.17, 15) is 18.4 Å². The standard InChI is InChI=1S/C24H29F2N3OS.C4H4O4/c1-28(24-27-22-10-3-2-7-18(22)17-31-24)19-11-14-29(15-12-19)13-4-5-16-30-23-20(25)8-6-9-21(23)26;5-3(6)1-2-4(7)8/h2-3,6-10,19H,4-5,11-17H2,1H3;1-2H,(H,5,6)(H,7,8). The van der Waals surface area contributed by atoms with Gasteiger partial charge in [0.1, 0.15) is 0 Å². The van der Waals surface area contributed by atoms with Crippen LogP contribution in [-0.2, 0) is 15.3 Å². The molecule has 2 aliphatic rings. The van der Waals surface area contributed by atoms with Crippen LogP contribution in [0.3, 0.4) is 0 Å². The van der Waals surface area contributed by atoms with Crippen LogP contribution in [0.5, 0.6) is 5.75 Å². The number of nitrogens with zero attached hydrogens (tertiary/aromatic N) is 3. The quantitative estimate of drug-likeness (QED) is 0.320. The molecule has 1 fully saturated rings. The summed E-state index contributed by atoms with van der Waals surface area (Å²) in [5.41, 5.74) is 2.40. The lowest BCUT2D eigenvalue weighted by atomic mass is 10.0. The molecular formula is C28H33F2N3O5S. The van der Waals surface area contributed by atoms with Gasteiger partial charge in [-0.2, -0.15) is 0 Å². The van der Waals surface area contributed by atoms with E-state index in [0.29, 0.717) is 24.8 Å². The molecule has 2 aromatic carbocycles. The average Bonchev–Trinajstić information content (AvgIpc) is 2.93. The number of halogens is 2. The molecule has 0 aliphatic carbocycles. The van der Waals surface area contributed by atoms with Crippen molar-refractivity contribution in [3.63, 3.8) is 0 Å². The third kappa shape index (κ3) is 9.67.